The van der Waals surface area contributed by atoms with Crippen LogP contribution in [0.4, 0.5) is 0 Å². The average Bonchev–Trinajstić information content (AvgIpc) is 2.73. The first-order valence-electron chi connectivity index (χ1n) is 11.9. The molecule has 32 heavy (non-hydrogen) atoms. The lowest BCUT2D eigenvalue weighted by molar-refractivity contribution is -0.286. The van der Waals surface area contributed by atoms with Gasteiger partial charge in [0.1, 0.15) is 18.3 Å². The van der Waals surface area contributed by atoms with E-state index in [0.717, 1.165) is 36.8 Å². The number of aliphatic hydroxyl groups excluding tert-OH is 5. The Kier molecular flexibility index (Phi) is 7.92. The minimum absolute atomic E-state index is 0.0212. The van der Waals surface area contributed by atoms with Crippen LogP contribution in [0.15, 0.2) is 23.8 Å². The Morgan fingerprint density at radius 3 is 2.53 bits per heavy atom. The molecule has 7 nitrogen and oxygen atoms in total. The Balaban J connectivity index is 1.87. The lowest BCUT2D eigenvalue weighted by atomic mass is 9.46. The summed E-state index contributed by atoms with van der Waals surface area (Å²) in [5, 5.41) is 50.3. The molecule has 1 aliphatic heterocycles. The Bertz CT molecular complexity index is 704. The van der Waals surface area contributed by atoms with Crippen molar-refractivity contribution in [1.82, 2.24) is 0 Å². The van der Waals surface area contributed by atoms with Gasteiger partial charge in [-0.05, 0) is 67.3 Å². The van der Waals surface area contributed by atoms with Gasteiger partial charge in [-0.3, -0.25) is 0 Å². The van der Waals surface area contributed by atoms with Crippen LogP contribution in [0.2, 0.25) is 0 Å². The summed E-state index contributed by atoms with van der Waals surface area (Å²) >= 11 is 0. The van der Waals surface area contributed by atoms with E-state index >= 15 is 0 Å². The SMILES string of the molecule is C=C1C(OC2OCC(O)C(O)C2O)CC2C(C)(C)C(O)CCC2(C)C1CC/C(C)=C\CO. The van der Waals surface area contributed by atoms with E-state index in [2.05, 4.69) is 27.4 Å². The maximum atomic E-state index is 10.8. The van der Waals surface area contributed by atoms with Crippen LogP contribution in [0.25, 0.3) is 0 Å². The van der Waals surface area contributed by atoms with Gasteiger partial charge in [0.15, 0.2) is 6.29 Å². The Hall–Kier alpha value is -0.800. The summed E-state index contributed by atoms with van der Waals surface area (Å²) in [6.45, 7) is 12.9. The first kappa shape index (κ1) is 25.8. The summed E-state index contributed by atoms with van der Waals surface area (Å²) < 4.78 is 11.7. The third-order valence-corrected chi connectivity index (χ3v) is 8.64. The minimum Gasteiger partial charge on any atom is -0.393 e. The number of hydrogen-bond acceptors (Lipinski definition) is 7. The van der Waals surface area contributed by atoms with E-state index in [1.54, 1.807) is 0 Å². The Morgan fingerprint density at radius 1 is 1.19 bits per heavy atom. The highest BCUT2D eigenvalue weighted by atomic mass is 16.7. The molecule has 0 amide bonds. The van der Waals surface area contributed by atoms with Gasteiger partial charge in [0.05, 0.1) is 25.4 Å². The van der Waals surface area contributed by atoms with Crippen molar-refractivity contribution in [3.05, 3.63) is 23.8 Å². The lowest BCUT2D eigenvalue weighted by Gasteiger charge is -2.61. The van der Waals surface area contributed by atoms with Gasteiger partial charge in [-0.1, -0.05) is 39.0 Å². The van der Waals surface area contributed by atoms with Crippen LogP contribution in [0.3, 0.4) is 0 Å². The molecule has 184 valence electrons. The van der Waals surface area contributed by atoms with Crippen LogP contribution in [-0.4, -0.2) is 75.6 Å². The van der Waals surface area contributed by atoms with Gasteiger partial charge in [0.25, 0.3) is 0 Å². The van der Waals surface area contributed by atoms with Crippen molar-refractivity contribution in [3.63, 3.8) is 0 Å². The summed E-state index contributed by atoms with van der Waals surface area (Å²) in [6, 6.07) is 0. The second-order valence-electron chi connectivity index (χ2n) is 10.9. The van der Waals surface area contributed by atoms with Crippen LogP contribution in [-0.2, 0) is 9.47 Å². The van der Waals surface area contributed by atoms with Gasteiger partial charge in [0.2, 0.25) is 0 Å². The van der Waals surface area contributed by atoms with Crippen LogP contribution < -0.4 is 0 Å². The summed E-state index contributed by atoms with van der Waals surface area (Å²) in [5.74, 6) is 0.300. The summed E-state index contributed by atoms with van der Waals surface area (Å²) in [7, 11) is 0. The molecule has 7 heteroatoms. The van der Waals surface area contributed by atoms with E-state index in [0.29, 0.717) is 6.42 Å². The molecule has 0 radical (unpaired) electrons. The highest BCUT2D eigenvalue weighted by Crippen LogP contribution is 2.62. The quantitative estimate of drug-likeness (QED) is 0.307. The predicted octanol–water partition coefficient (Wildman–Crippen LogP) is 1.91. The van der Waals surface area contributed by atoms with E-state index in [-0.39, 0.29) is 35.9 Å². The second-order valence-corrected chi connectivity index (χ2v) is 10.9. The Labute approximate surface area is 191 Å². The molecule has 0 spiro atoms. The molecule has 9 unspecified atom stereocenters. The van der Waals surface area contributed by atoms with Crippen LogP contribution in [0, 0.1) is 22.7 Å². The van der Waals surface area contributed by atoms with E-state index < -0.39 is 36.8 Å². The van der Waals surface area contributed by atoms with Crippen molar-refractivity contribution in [2.45, 2.75) is 96.6 Å². The number of aliphatic hydroxyl groups is 5. The highest BCUT2D eigenvalue weighted by Gasteiger charge is 2.58. The zero-order chi connectivity index (χ0) is 23.8. The maximum absolute atomic E-state index is 10.8. The van der Waals surface area contributed by atoms with Gasteiger partial charge in [-0.15, -0.1) is 0 Å². The molecule has 3 aliphatic rings. The standard InChI is InChI=1S/C25H42O7/c1-14(9-11-26)6-7-16-15(2)18(32-23-22(30)21(29)17(27)13-31-23)12-19-24(3,4)20(28)8-10-25(16,19)5/h9,16-23,26-30H,2,6-8,10-13H2,1,3-5H3/b14-9-. The Morgan fingerprint density at radius 2 is 1.88 bits per heavy atom. The summed E-state index contributed by atoms with van der Waals surface area (Å²) in [4.78, 5) is 0. The average molecular weight is 455 g/mol. The van der Waals surface area contributed by atoms with Crippen LogP contribution >= 0.6 is 0 Å². The molecule has 2 aliphatic carbocycles. The number of fused-ring (bicyclic) bond motifs is 1. The van der Waals surface area contributed by atoms with Gasteiger partial charge in [-0.2, -0.15) is 0 Å². The van der Waals surface area contributed by atoms with Crippen molar-refractivity contribution in [2.24, 2.45) is 22.7 Å². The molecular weight excluding hydrogens is 412 g/mol. The molecule has 3 rings (SSSR count). The first-order chi connectivity index (χ1) is 14.9. The number of hydrogen-bond donors (Lipinski definition) is 5. The van der Waals surface area contributed by atoms with Crippen LogP contribution in [0.5, 0.6) is 0 Å². The van der Waals surface area contributed by atoms with E-state index in [9.17, 15) is 25.5 Å². The number of allylic oxidation sites excluding steroid dienone is 1. The smallest absolute Gasteiger partial charge is 0.186 e. The summed E-state index contributed by atoms with van der Waals surface area (Å²) in [6.07, 6.45) is 0.125. The lowest BCUT2D eigenvalue weighted by Crippen LogP contribution is -2.59. The fraction of sp³-hybridized carbons (Fsp3) is 0.840. The third kappa shape index (κ3) is 4.71. The number of ether oxygens (including phenoxy) is 2. The van der Waals surface area contributed by atoms with E-state index in [4.69, 9.17) is 9.47 Å². The second kappa shape index (κ2) is 9.82. The minimum atomic E-state index is -1.35. The molecule has 1 saturated heterocycles. The van der Waals surface area contributed by atoms with E-state index in [1.165, 1.54) is 0 Å². The van der Waals surface area contributed by atoms with Gasteiger partial charge in [-0.25, -0.2) is 0 Å². The predicted molar refractivity (Wildman–Crippen MR) is 121 cm³/mol. The molecule has 0 aromatic carbocycles. The van der Waals surface area contributed by atoms with Gasteiger partial charge < -0.3 is 35.0 Å². The van der Waals surface area contributed by atoms with Gasteiger partial charge in [0, 0.05) is 0 Å². The van der Waals surface area contributed by atoms with E-state index in [1.807, 2.05) is 13.0 Å². The molecule has 0 bridgehead atoms. The first-order valence-corrected chi connectivity index (χ1v) is 11.9. The molecule has 3 fully saturated rings. The summed E-state index contributed by atoms with van der Waals surface area (Å²) in [5.41, 5.74) is 1.71. The monoisotopic (exact) mass is 454 g/mol. The van der Waals surface area contributed by atoms with Crippen LogP contribution in [0.1, 0.15) is 59.8 Å². The third-order valence-electron chi connectivity index (χ3n) is 8.64. The zero-order valence-electron chi connectivity index (χ0n) is 19.9. The molecule has 5 N–H and O–H groups in total. The molecule has 0 aromatic heterocycles. The normalized spacial score (nSPS) is 44.9. The molecule has 0 aromatic rings. The molecule has 2 saturated carbocycles. The molecular formula is C25H42O7. The molecule has 9 atom stereocenters. The van der Waals surface area contributed by atoms with Crippen molar-refractivity contribution in [1.29, 1.82) is 0 Å². The number of rotatable bonds is 6. The topological polar surface area (TPSA) is 120 Å². The van der Waals surface area contributed by atoms with Crippen molar-refractivity contribution >= 4 is 0 Å². The maximum Gasteiger partial charge on any atom is 0.186 e. The van der Waals surface area contributed by atoms with Gasteiger partial charge >= 0.3 is 0 Å². The highest BCUT2D eigenvalue weighted by molar-refractivity contribution is 5.22. The van der Waals surface area contributed by atoms with Crippen molar-refractivity contribution in [3.8, 4) is 0 Å². The zero-order valence-corrected chi connectivity index (χ0v) is 19.9. The molecule has 1 heterocycles. The fourth-order valence-electron chi connectivity index (χ4n) is 6.43. The van der Waals surface area contributed by atoms with Crippen molar-refractivity contribution < 1.29 is 35.0 Å². The largest absolute Gasteiger partial charge is 0.393 e. The fourth-order valence-corrected chi connectivity index (χ4v) is 6.43. The van der Waals surface area contributed by atoms with Crippen molar-refractivity contribution in [2.75, 3.05) is 13.2 Å².